The van der Waals surface area contributed by atoms with Crippen LogP contribution in [0.2, 0.25) is 5.02 Å². The van der Waals surface area contributed by atoms with Crippen LogP contribution in [0.4, 0.5) is 18.9 Å². The molecule has 1 saturated heterocycles. The van der Waals surface area contributed by atoms with Crippen LogP contribution < -0.4 is 10.7 Å². The van der Waals surface area contributed by atoms with Crippen molar-refractivity contribution < 1.29 is 32.6 Å². The molecule has 8 rings (SSSR count). The molecule has 0 radical (unpaired) electrons. The SMILES string of the molecule is Cc1ncnc(C(=O)N2CC[C@@]3(C[C@H](C)c4c3c(=O)c3nn(C5=CCOCC5)nc3n4CC(=O)Nc3ccc(C(F)(F)F)cc3Cl)[C@H]3CC[C@H]32)c1O. The highest BCUT2D eigenvalue weighted by atomic mass is 35.5. The number of hydrogen-bond donors (Lipinski definition) is 2. The zero-order valence-corrected chi connectivity index (χ0v) is 29.0. The lowest BCUT2D eigenvalue weighted by Crippen LogP contribution is -2.62. The second-order valence-corrected chi connectivity index (χ2v) is 14.4. The van der Waals surface area contributed by atoms with E-state index >= 15 is 0 Å². The highest BCUT2D eigenvalue weighted by Crippen LogP contribution is 2.60. The number of fused-ring (bicyclic) bond motifs is 5. The molecule has 4 aliphatic rings. The number of nitrogens with one attached hydrogen (secondary N) is 1. The molecule has 0 bridgehead atoms. The number of pyridine rings is 1. The standard InChI is InChI=1S/C35H34ClF3N8O5/c1-17-14-34(9-10-45(24-6-4-21(24)34)33(51)28-30(49)18(2)40-16-41-28)26-29(17)46(15-25(48)42-23-5-3-19(13-22(23)36)35(37,38)39)32-27(31(26)50)43-47(44-32)20-7-11-52-12-8-20/h3,5,7,13,16-17,21,24,49H,4,6,8-12,14-15H2,1-2H3,(H,42,48)/t17-,21-,24+,34+/m0/s1. The van der Waals surface area contributed by atoms with Gasteiger partial charge in [0.1, 0.15) is 12.9 Å². The van der Waals surface area contributed by atoms with Crippen LogP contribution in [-0.4, -0.2) is 77.2 Å². The van der Waals surface area contributed by atoms with Gasteiger partial charge in [-0.3, -0.25) is 14.4 Å². The van der Waals surface area contributed by atoms with Gasteiger partial charge in [0.25, 0.3) is 5.91 Å². The minimum Gasteiger partial charge on any atom is -0.504 e. The molecule has 4 aromatic rings. The van der Waals surface area contributed by atoms with Crippen LogP contribution in [0, 0.1) is 12.8 Å². The lowest BCUT2D eigenvalue weighted by atomic mass is 9.55. The van der Waals surface area contributed by atoms with Crippen molar-refractivity contribution in [1.82, 2.24) is 34.4 Å². The number of carbonyl (C=O) groups is 2. The molecule has 2 aliphatic heterocycles. The number of ether oxygens (including phenoxy) is 1. The van der Waals surface area contributed by atoms with Crippen molar-refractivity contribution in [3.05, 3.63) is 74.1 Å². The van der Waals surface area contributed by atoms with Crippen LogP contribution in [0.5, 0.6) is 5.75 Å². The number of likely N-dealkylation sites (tertiary alicyclic amines) is 1. The quantitative estimate of drug-likeness (QED) is 0.286. The molecular weight excluding hydrogens is 705 g/mol. The Morgan fingerprint density at radius 1 is 1.19 bits per heavy atom. The first-order valence-corrected chi connectivity index (χ1v) is 17.5. The fraction of sp³-hybridized carbons (Fsp3) is 0.457. The highest BCUT2D eigenvalue weighted by molar-refractivity contribution is 6.33. The number of aromatic hydroxyl groups is 1. The number of alkyl halides is 3. The van der Waals surface area contributed by atoms with Crippen LogP contribution in [0.3, 0.4) is 0 Å². The van der Waals surface area contributed by atoms with Crippen molar-refractivity contribution in [2.75, 3.05) is 25.1 Å². The summed E-state index contributed by atoms with van der Waals surface area (Å²) in [6.45, 7) is 4.40. The van der Waals surface area contributed by atoms with E-state index < -0.39 is 29.0 Å². The number of rotatable bonds is 5. The number of carbonyl (C=O) groups excluding carboxylic acids is 2. The molecular formula is C35H34ClF3N8O5. The molecule has 13 nitrogen and oxygen atoms in total. The number of hydrogen-bond acceptors (Lipinski definition) is 9. The fourth-order valence-corrected chi connectivity index (χ4v) is 8.94. The molecule has 3 aromatic heterocycles. The zero-order chi connectivity index (χ0) is 36.7. The average Bonchev–Trinajstić information content (AvgIpc) is 3.66. The molecule has 1 spiro atoms. The summed E-state index contributed by atoms with van der Waals surface area (Å²) < 4.78 is 47.0. The Bertz CT molecular complexity index is 2250. The topological polar surface area (TPSA) is 157 Å². The monoisotopic (exact) mass is 738 g/mol. The van der Waals surface area contributed by atoms with E-state index in [0.717, 1.165) is 30.3 Å². The summed E-state index contributed by atoms with van der Waals surface area (Å²) in [7, 11) is 0. The van der Waals surface area contributed by atoms with Gasteiger partial charge in [0, 0.05) is 35.7 Å². The Balaban J connectivity index is 1.20. The highest BCUT2D eigenvalue weighted by Gasteiger charge is 2.60. The number of benzene rings is 1. The van der Waals surface area contributed by atoms with Crippen molar-refractivity contribution in [3.63, 3.8) is 0 Å². The summed E-state index contributed by atoms with van der Waals surface area (Å²) in [5.41, 5.74) is 0.657. The largest absolute Gasteiger partial charge is 0.504 e. The van der Waals surface area contributed by atoms with Gasteiger partial charge in [0.05, 0.1) is 40.9 Å². The zero-order valence-electron chi connectivity index (χ0n) is 28.2. The molecule has 2 aliphatic carbocycles. The summed E-state index contributed by atoms with van der Waals surface area (Å²) in [6.07, 6.45) is 1.53. The van der Waals surface area contributed by atoms with Crippen LogP contribution in [0.25, 0.3) is 16.9 Å². The fourth-order valence-electron chi connectivity index (χ4n) is 8.71. The minimum atomic E-state index is -4.61. The second-order valence-electron chi connectivity index (χ2n) is 14.0. The first-order valence-electron chi connectivity index (χ1n) is 17.1. The normalized spacial score (nSPS) is 24.0. The van der Waals surface area contributed by atoms with Gasteiger partial charge in [-0.05, 0) is 68.7 Å². The van der Waals surface area contributed by atoms with E-state index in [0.29, 0.717) is 62.4 Å². The van der Waals surface area contributed by atoms with Gasteiger partial charge < -0.3 is 24.6 Å². The maximum atomic E-state index is 14.7. The van der Waals surface area contributed by atoms with Gasteiger partial charge in [-0.15, -0.1) is 10.2 Å². The Morgan fingerprint density at radius 2 is 2.00 bits per heavy atom. The van der Waals surface area contributed by atoms with Crippen LogP contribution in [-0.2, 0) is 27.7 Å². The van der Waals surface area contributed by atoms with E-state index in [1.54, 1.807) is 16.4 Å². The van der Waals surface area contributed by atoms with Gasteiger partial charge >= 0.3 is 6.18 Å². The van der Waals surface area contributed by atoms with Crippen LogP contribution in [0.1, 0.15) is 77.9 Å². The van der Waals surface area contributed by atoms with Crippen LogP contribution in [0.15, 0.2) is 35.4 Å². The number of amides is 2. The third-order valence-corrected chi connectivity index (χ3v) is 11.5. The number of aromatic nitrogens is 6. The number of piperidine rings is 1. The lowest BCUT2D eigenvalue weighted by molar-refractivity contribution is -0.137. The predicted molar refractivity (Wildman–Crippen MR) is 182 cm³/mol. The molecule has 52 heavy (non-hydrogen) atoms. The first-order chi connectivity index (χ1) is 24.8. The van der Waals surface area contributed by atoms with E-state index in [1.807, 2.05) is 13.0 Å². The molecule has 2 amide bonds. The second kappa shape index (κ2) is 12.4. The Kier molecular flexibility index (Phi) is 8.17. The number of halogens is 4. The molecule has 5 heterocycles. The molecule has 1 saturated carbocycles. The summed E-state index contributed by atoms with van der Waals surface area (Å²) in [5.74, 6) is -1.50. The Morgan fingerprint density at radius 3 is 2.69 bits per heavy atom. The molecule has 2 N–H and O–H groups in total. The number of aryl methyl sites for hydroxylation is 1. The van der Waals surface area contributed by atoms with E-state index in [-0.39, 0.29) is 63.2 Å². The third kappa shape index (κ3) is 5.36. The van der Waals surface area contributed by atoms with E-state index in [9.17, 15) is 32.7 Å². The van der Waals surface area contributed by atoms with Crippen molar-refractivity contribution >= 4 is 46.0 Å². The number of nitrogens with zero attached hydrogens (tertiary/aromatic N) is 7. The van der Waals surface area contributed by atoms with Gasteiger partial charge in [-0.25, -0.2) is 9.97 Å². The molecule has 272 valence electrons. The maximum absolute atomic E-state index is 14.7. The number of anilines is 1. The smallest absolute Gasteiger partial charge is 0.416 e. The van der Waals surface area contributed by atoms with Gasteiger partial charge in [-0.1, -0.05) is 18.5 Å². The lowest BCUT2D eigenvalue weighted by Gasteiger charge is -2.57. The molecule has 17 heteroatoms. The molecule has 4 atom stereocenters. The molecule has 2 fully saturated rings. The van der Waals surface area contributed by atoms with Crippen molar-refractivity contribution in [2.24, 2.45) is 5.92 Å². The molecule has 0 unspecified atom stereocenters. The van der Waals surface area contributed by atoms with Crippen molar-refractivity contribution in [2.45, 2.75) is 76.0 Å². The predicted octanol–water partition coefficient (Wildman–Crippen LogP) is 5.04. The molecule has 1 aromatic carbocycles. The summed E-state index contributed by atoms with van der Waals surface area (Å²) in [6, 6.07) is 2.50. The van der Waals surface area contributed by atoms with Gasteiger partial charge in [0.15, 0.2) is 22.6 Å². The first kappa shape index (κ1) is 34.3. The van der Waals surface area contributed by atoms with Gasteiger partial charge in [-0.2, -0.15) is 18.0 Å². The Hall–Kier alpha value is -4.83. The summed E-state index contributed by atoms with van der Waals surface area (Å²) in [5, 5.41) is 22.3. The summed E-state index contributed by atoms with van der Waals surface area (Å²) in [4.78, 5) is 53.4. The minimum absolute atomic E-state index is 0.00778. The summed E-state index contributed by atoms with van der Waals surface area (Å²) >= 11 is 6.17. The van der Waals surface area contributed by atoms with Crippen molar-refractivity contribution in [1.29, 1.82) is 0 Å². The average molecular weight is 739 g/mol. The van der Waals surface area contributed by atoms with E-state index in [4.69, 9.17) is 21.4 Å². The van der Waals surface area contributed by atoms with E-state index in [2.05, 4.69) is 20.4 Å². The van der Waals surface area contributed by atoms with Crippen molar-refractivity contribution in [3.8, 4) is 5.75 Å². The van der Waals surface area contributed by atoms with E-state index in [1.165, 1.54) is 11.1 Å². The Labute approximate surface area is 299 Å². The third-order valence-electron chi connectivity index (χ3n) is 11.2. The van der Waals surface area contributed by atoms with Gasteiger partial charge in [0.2, 0.25) is 11.3 Å². The van der Waals surface area contributed by atoms with Crippen LogP contribution >= 0.6 is 11.6 Å². The maximum Gasteiger partial charge on any atom is 0.416 e.